The monoisotopic (exact) mass is 365 g/mol. The maximum Gasteiger partial charge on any atom is 0.274 e. The number of aryl methyl sites for hydroxylation is 1. The highest BCUT2D eigenvalue weighted by Gasteiger charge is 2.12. The summed E-state index contributed by atoms with van der Waals surface area (Å²) in [7, 11) is 1.55. The minimum absolute atomic E-state index is 0.247. The van der Waals surface area contributed by atoms with Crippen LogP contribution in [0.2, 0.25) is 0 Å². The third-order valence-corrected chi connectivity index (χ3v) is 4.04. The number of hydrogen-bond donors (Lipinski definition) is 2. The molecule has 0 aliphatic heterocycles. The van der Waals surface area contributed by atoms with Gasteiger partial charge in [0.1, 0.15) is 17.3 Å². The molecule has 0 aliphatic carbocycles. The van der Waals surface area contributed by atoms with Crippen molar-refractivity contribution in [2.75, 3.05) is 17.7 Å². The molecule has 0 radical (unpaired) electrons. The van der Waals surface area contributed by atoms with E-state index in [1.165, 1.54) is 12.3 Å². The van der Waals surface area contributed by atoms with E-state index in [1.54, 1.807) is 43.5 Å². The van der Waals surface area contributed by atoms with Gasteiger partial charge in [0.05, 0.1) is 12.8 Å². The summed E-state index contributed by atoms with van der Waals surface area (Å²) in [5, 5.41) is 5.92. The van der Waals surface area contributed by atoms with Crippen LogP contribution in [0.4, 0.5) is 15.8 Å². The number of halogens is 1. The Kier molecular flexibility index (Phi) is 5.66. The molecule has 1 aromatic heterocycles. The highest BCUT2D eigenvalue weighted by atomic mass is 19.1. The number of nitrogens with one attached hydrogen (secondary N) is 2. The first-order valence-corrected chi connectivity index (χ1v) is 8.46. The normalized spacial score (nSPS) is 10.3. The zero-order chi connectivity index (χ0) is 19.2. The smallest absolute Gasteiger partial charge is 0.274 e. The summed E-state index contributed by atoms with van der Waals surface area (Å²) in [6, 6.07) is 15.4. The molecule has 1 amide bonds. The molecule has 0 unspecified atom stereocenters. The fraction of sp³-hybridized carbons (Fsp3) is 0.143. The third-order valence-electron chi connectivity index (χ3n) is 4.04. The second-order valence-corrected chi connectivity index (χ2v) is 6.03. The third kappa shape index (κ3) is 4.61. The van der Waals surface area contributed by atoms with Crippen molar-refractivity contribution in [3.05, 3.63) is 83.4 Å². The summed E-state index contributed by atoms with van der Waals surface area (Å²) < 4.78 is 19.0. The number of aromatic nitrogens is 1. The lowest BCUT2D eigenvalue weighted by Crippen LogP contribution is -2.15. The van der Waals surface area contributed by atoms with Crippen LogP contribution in [0.15, 0.2) is 60.8 Å². The van der Waals surface area contributed by atoms with Gasteiger partial charge in [0, 0.05) is 24.0 Å². The molecule has 0 saturated carbocycles. The number of benzene rings is 2. The van der Waals surface area contributed by atoms with Crippen molar-refractivity contribution in [1.82, 2.24) is 4.98 Å². The lowest BCUT2D eigenvalue weighted by molar-refractivity contribution is 0.102. The molecular formula is C21H20FN3O2. The molecule has 0 spiro atoms. The minimum atomic E-state index is -0.353. The molecule has 27 heavy (non-hydrogen) atoms. The molecule has 2 N–H and O–H groups in total. The quantitative estimate of drug-likeness (QED) is 0.679. The van der Waals surface area contributed by atoms with Crippen LogP contribution in [0.1, 0.15) is 21.6 Å². The van der Waals surface area contributed by atoms with Crippen LogP contribution in [0.25, 0.3) is 0 Å². The van der Waals surface area contributed by atoms with Gasteiger partial charge in [-0.2, -0.15) is 0 Å². The van der Waals surface area contributed by atoms with E-state index in [-0.39, 0.29) is 17.4 Å². The lowest BCUT2D eigenvalue weighted by atomic mass is 10.2. The first-order valence-electron chi connectivity index (χ1n) is 8.46. The fourth-order valence-electron chi connectivity index (χ4n) is 2.61. The number of ether oxygens (including phenoxy) is 1. The topological polar surface area (TPSA) is 63.2 Å². The Bertz CT molecular complexity index is 960. The summed E-state index contributed by atoms with van der Waals surface area (Å²) >= 11 is 0. The maximum absolute atomic E-state index is 13.7. The van der Waals surface area contributed by atoms with E-state index in [2.05, 4.69) is 15.6 Å². The van der Waals surface area contributed by atoms with Crippen LogP contribution in [-0.4, -0.2) is 18.0 Å². The second-order valence-electron chi connectivity index (χ2n) is 6.03. The van der Waals surface area contributed by atoms with Gasteiger partial charge >= 0.3 is 0 Å². The number of rotatable bonds is 6. The molecule has 0 aliphatic rings. The van der Waals surface area contributed by atoms with Gasteiger partial charge in [0.25, 0.3) is 5.91 Å². The number of carbonyl (C=O) groups excluding carboxylic acids is 1. The van der Waals surface area contributed by atoms with E-state index in [4.69, 9.17) is 4.74 Å². The first kappa shape index (κ1) is 18.4. The Morgan fingerprint density at radius 2 is 1.96 bits per heavy atom. The molecule has 0 atom stereocenters. The van der Waals surface area contributed by atoms with Gasteiger partial charge < -0.3 is 15.4 Å². The van der Waals surface area contributed by atoms with Crippen molar-refractivity contribution in [1.29, 1.82) is 0 Å². The van der Waals surface area contributed by atoms with Gasteiger partial charge in [-0.15, -0.1) is 0 Å². The van der Waals surface area contributed by atoms with E-state index >= 15 is 0 Å². The first-order chi connectivity index (χ1) is 13.1. The Labute approximate surface area is 157 Å². The Balaban J connectivity index is 1.72. The van der Waals surface area contributed by atoms with Crippen LogP contribution in [0, 0.1) is 12.7 Å². The van der Waals surface area contributed by atoms with Crippen molar-refractivity contribution >= 4 is 17.3 Å². The number of methoxy groups -OCH3 is 1. The summed E-state index contributed by atoms with van der Waals surface area (Å²) in [6.07, 6.45) is 1.53. The van der Waals surface area contributed by atoms with Crippen LogP contribution >= 0.6 is 0 Å². The molecule has 0 saturated heterocycles. The zero-order valence-corrected chi connectivity index (χ0v) is 15.1. The van der Waals surface area contributed by atoms with Crippen LogP contribution in [0.5, 0.6) is 5.75 Å². The molecule has 138 valence electrons. The maximum atomic E-state index is 13.7. The molecule has 1 heterocycles. The lowest BCUT2D eigenvalue weighted by Gasteiger charge is -2.12. The number of carbonyl (C=O) groups is 1. The van der Waals surface area contributed by atoms with E-state index in [1.807, 2.05) is 19.1 Å². The molecule has 3 aromatic rings. The standard InChI is InChI=1S/C21H20FN3O2/c1-14-7-8-20(27-2)18(11-14)25-21(26)19-12-16(9-10-23-19)24-13-15-5-3-4-6-17(15)22/h3-12H,13H2,1-2H3,(H,23,24)(H,25,26). The predicted molar refractivity (Wildman–Crippen MR) is 104 cm³/mol. The van der Waals surface area contributed by atoms with Crippen LogP contribution < -0.4 is 15.4 Å². The van der Waals surface area contributed by atoms with Crippen molar-refractivity contribution < 1.29 is 13.9 Å². The highest BCUT2D eigenvalue weighted by Crippen LogP contribution is 2.25. The minimum Gasteiger partial charge on any atom is -0.495 e. The Morgan fingerprint density at radius 3 is 2.74 bits per heavy atom. The summed E-state index contributed by atoms with van der Waals surface area (Å²) in [5.74, 6) is -0.0558. The van der Waals surface area contributed by atoms with Crippen LogP contribution in [-0.2, 0) is 6.54 Å². The van der Waals surface area contributed by atoms with Gasteiger partial charge in [0.2, 0.25) is 0 Å². The summed E-state index contributed by atoms with van der Waals surface area (Å²) in [6.45, 7) is 2.24. The zero-order valence-electron chi connectivity index (χ0n) is 15.1. The number of amides is 1. The van der Waals surface area contributed by atoms with Gasteiger partial charge in [-0.05, 0) is 42.8 Å². The van der Waals surface area contributed by atoms with Gasteiger partial charge in [0.15, 0.2) is 0 Å². The van der Waals surface area contributed by atoms with Crippen molar-refractivity contribution in [3.8, 4) is 5.75 Å². The van der Waals surface area contributed by atoms with E-state index in [0.29, 0.717) is 29.2 Å². The van der Waals surface area contributed by atoms with Gasteiger partial charge in [-0.25, -0.2) is 4.39 Å². The van der Waals surface area contributed by atoms with Gasteiger partial charge in [-0.3, -0.25) is 9.78 Å². The molecular weight excluding hydrogens is 345 g/mol. The van der Waals surface area contributed by atoms with E-state index in [9.17, 15) is 9.18 Å². The molecule has 5 nitrogen and oxygen atoms in total. The van der Waals surface area contributed by atoms with Crippen molar-refractivity contribution in [2.24, 2.45) is 0 Å². The van der Waals surface area contributed by atoms with E-state index < -0.39 is 0 Å². The Morgan fingerprint density at radius 1 is 1.15 bits per heavy atom. The fourth-order valence-corrected chi connectivity index (χ4v) is 2.61. The summed E-state index contributed by atoms with van der Waals surface area (Å²) in [4.78, 5) is 16.7. The molecule has 0 bridgehead atoms. The SMILES string of the molecule is COc1ccc(C)cc1NC(=O)c1cc(NCc2ccccc2F)ccn1. The average Bonchev–Trinajstić information content (AvgIpc) is 2.68. The highest BCUT2D eigenvalue weighted by molar-refractivity contribution is 6.04. The molecule has 0 fully saturated rings. The summed E-state index contributed by atoms with van der Waals surface area (Å²) in [5.41, 5.74) is 3.05. The molecule has 3 rings (SSSR count). The van der Waals surface area contributed by atoms with Gasteiger partial charge in [-0.1, -0.05) is 24.3 Å². The number of hydrogen-bond acceptors (Lipinski definition) is 4. The predicted octanol–water partition coefficient (Wildman–Crippen LogP) is 4.40. The second kappa shape index (κ2) is 8.31. The number of anilines is 2. The number of nitrogens with zero attached hydrogens (tertiary/aromatic N) is 1. The van der Waals surface area contributed by atoms with E-state index in [0.717, 1.165) is 5.56 Å². The number of pyridine rings is 1. The van der Waals surface area contributed by atoms with Crippen molar-refractivity contribution in [2.45, 2.75) is 13.5 Å². The average molecular weight is 365 g/mol. The molecule has 2 aromatic carbocycles. The van der Waals surface area contributed by atoms with Crippen LogP contribution in [0.3, 0.4) is 0 Å². The van der Waals surface area contributed by atoms with Crippen molar-refractivity contribution in [3.63, 3.8) is 0 Å². The Hall–Kier alpha value is -3.41. The largest absolute Gasteiger partial charge is 0.495 e. The molecule has 6 heteroatoms.